The average molecular weight is 555 g/mol. The number of carbonyl (C=O) groups excluding carboxylic acids is 1. The molecule has 0 saturated heterocycles. The molecule has 0 saturated carbocycles. The molecule has 3 aromatic carbocycles. The molecule has 39 heavy (non-hydrogen) atoms. The Balaban J connectivity index is 1.78. The first-order valence-electron chi connectivity index (χ1n) is 11.7. The lowest BCUT2D eigenvalue weighted by molar-refractivity contribution is -0.143. The summed E-state index contributed by atoms with van der Waals surface area (Å²) < 4.78 is 36.0. The van der Waals surface area contributed by atoms with Gasteiger partial charge in [-0.3, -0.25) is 9.59 Å². The summed E-state index contributed by atoms with van der Waals surface area (Å²) in [5, 5.41) is 32.5. The molecule has 0 fully saturated rings. The number of phenolic OH excluding ortho intramolecular Hbond substituents is 3. The van der Waals surface area contributed by atoms with Crippen molar-refractivity contribution in [3.63, 3.8) is 0 Å². The van der Waals surface area contributed by atoms with Crippen LogP contribution in [0.5, 0.6) is 28.7 Å². The molecular weight excluding hydrogens is 529 g/mol. The van der Waals surface area contributed by atoms with Crippen molar-refractivity contribution < 1.29 is 42.9 Å². The standard InChI is InChI=1S/C27H26NO10P/c1-15(2)26(27(33)35-3)28-39(34,37-17-7-5-4-6-8-17)38-18-12-21(31)25-22(32)14-23(36-24(25)13-18)16-9-10-19(29)20(30)11-16/h4-15,26,29-31H,1-3H3,(H,28,34)/t26-,39?/m0/s1. The van der Waals surface area contributed by atoms with E-state index >= 15 is 0 Å². The third kappa shape index (κ3) is 6.17. The Kier molecular flexibility index (Phi) is 7.85. The van der Waals surface area contributed by atoms with Crippen molar-refractivity contribution in [3.8, 4) is 40.1 Å². The minimum atomic E-state index is -4.37. The van der Waals surface area contributed by atoms with Crippen LogP contribution in [0.1, 0.15) is 13.8 Å². The number of aromatic hydroxyl groups is 3. The van der Waals surface area contributed by atoms with Crippen LogP contribution in [0.25, 0.3) is 22.3 Å². The molecule has 1 heterocycles. The van der Waals surface area contributed by atoms with Gasteiger partial charge in [0.1, 0.15) is 40.0 Å². The second kappa shape index (κ2) is 11.1. The quantitative estimate of drug-likeness (QED) is 0.126. The van der Waals surface area contributed by atoms with Crippen molar-refractivity contribution in [1.82, 2.24) is 5.09 Å². The highest BCUT2D eigenvalue weighted by atomic mass is 31.2. The number of ether oxygens (including phenoxy) is 1. The number of hydrogen-bond donors (Lipinski definition) is 4. The fourth-order valence-corrected chi connectivity index (χ4v) is 5.39. The molecular formula is C27H26NO10P. The molecule has 2 atom stereocenters. The van der Waals surface area contributed by atoms with E-state index in [1.807, 2.05) is 0 Å². The second-order valence-corrected chi connectivity index (χ2v) is 10.5. The molecule has 204 valence electrons. The molecule has 0 aliphatic rings. The maximum atomic E-state index is 14.0. The fraction of sp³-hybridized carbons (Fsp3) is 0.185. The van der Waals surface area contributed by atoms with Gasteiger partial charge in [-0.25, -0.2) is 4.57 Å². The molecule has 0 aliphatic carbocycles. The molecule has 12 heteroatoms. The number of methoxy groups -OCH3 is 1. The molecule has 4 N–H and O–H groups in total. The first-order valence-corrected chi connectivity index (χ1v) is 13.3. The summed E-state index contributed by atoms with van der Waals surface area (Å²) in [6.07, 6.45) is 0. The monoisotopic (exact) mass is 555 g/mol. The largest absolute Gasteiger partial charge is 0.513 e. The first-order chi connectivity index (χ1) is 18.5. The minimum Gasteiger partial charge on any atom is -0.507 e. The summed E-state index contributed by atoms with van der Waals surface area (Å²) in [5.74, 6) is -2.38. The number of phenols is 3. The van der Waals surface area contributed by atoms with Gasteiger partial charge in [0.25, 0.3) is 0 Å². The SMILES string of the molecule is COC(=O)[C@@H](NP(=O)(Oc1ccccc1)Oc1cc(O)c2c(=O)cc(-c3ccc(O)c(O)c3)oc2c1)C(C)C. The number of hydrogen-bond acceptors (Lipinski definition) is 10. The van der Waals surface area contributed by atoms with Crippen molar-refractivity contribution in [1.29, 1.82) is 0 Å². The van der Waals surface area contributed by atoms with Crippen molar-refractivity contribution in [2.24, 2.45) is 5.92 Å². The van der Waals surface area contributed by atoms with E-state index in [4.69, 9.17) is 18.2 Å². The molecule has 4 rings (SSSR count). The number of carbonyl (C=O) groups is 1. The lowest BCUT2D eigenvalue weighted by Gasteiger charge is -2.26. The van der Waals surface area contributed by atoms with Crippen LogP contribution in [0.2, 0.25) is 0 Å². The van der Waals surface area contributed by atoms with Gasteiger partial charge in [-0.05, 0) is 36.2 Å². The number of benzene rings is 3. The van der Waals surface area contributed by atoms with Crippen molar-refractivity contribution in [3.05, 3.63) is 77.0 Å². The van der Waals surface area contributed by atoms with E-state index in [1.54, 1.807) is 32.0 Å². The molecule has 0 radical (unpaired) electrons. The number of nitrogens with one attached hydrogen (secondary N) is 1. The van der Waals surface area contributed by atoms with Crippen LogP contribution in [-0.2, 0) is 14.1 Å². The molecule has 0 spiro atoms. The van der Waals surface area contributed by atoms with Crippen LogP contribution in [0.3, 0.4) is 0 Å². The zero-order chi connectivity index (χ0) is 28.3. The summed E-state index contributed by atoms with van der Waals surface area (Å²) in [6, 6.07) is 14.3. The molecule has 11 nitrogen and oxygen atoms in total. The lowest BCUT2D eigenvalue weighted by atomic mass is 10.1. The van der Waals surface area contributed by atoms with Gasteiger partial charge >= 0.3 is 13.7 Å². The summed E-state index contributed by atoms with van der Waals surface area (Å²) in [5.41, 5.74) is -0.456. The zero-order valence-electron chi connectivity index (χ0n) is 21.2. The maximum absolute atomic E-state index is 14.0. The topological polar surface area (TPSA) is 165 Å². The van der Waals surface area contributed by atoms with Gasteiger partial charge < -0.3 is 33.5 Å². The number of para-hydroxylation sites is 1. The van der Waals surface area contributed by atoms with Crippen molar-refractivity contribution in [2.45, 2.75) is 19.9 Å². The first kappa shape index (κ1) is 27.6. The highest BCUT2D eigenvalue weighted by Crippen LogP contribution is 2.47. The van der Waals surface area contributed by atoms with Gasteiger partial charge in [-0.1, -0.05) is 32.0 Å². The third-order valence-electron chi connectivity index (χ3n) is 5.66. The van der Waals surface area contributed by atoms with E-state index in [9.17, 15) is 29.5 Å². The van der Waals surface area contributed by atoms with Crippen LogP contribution in [0, 0.1) is 5.92 Å². The predicted molar refractivity (Wildman–Crippen MR) is 142 cm³/mol. The summed E-state index contributed by atoms with van der Waals surface area (Å²) in [7, 11) is -3.18. The minimum absolute atomic E-state index is 0.0201. The van der Waals surface area contributed by atoms with Crippen LogP contribution in [0.4, 0.5) is 0 Å². The Morgan fingerprint density at radius 2 is 1.59 bits per heavy atom. The van der Waals surface area contributed by atoms with Crippen LogP contribution < -0.4 is 19.6 Å². The van der Waals surface area contributed by atoms with Gasteiger partial charge in [0.05, 0.1) is 7.11 Å². The van der Waals surface area contributed by atoms with E-state index in [1.165, 1.54) is 43.5 Å². The highest BCUT2D eigenvalue weighted by molar-refractivity contribution is 7.52. The Hall–Kier alpha value is -4.47. The Morgan fingerprint density at radius 3 is 2.23 bits per heavy atom. The van der Waals surface area contributed by atoms with E-state index in [-0.39, 0.29) is 45.5 Å². The molecule has 0 aliphatic heterocycles. The van der Waals surface area contributed by atoms with E-state index in [2.05, 4.69) is 5.09 Å². The van der Waals surface area contributed by atoms with Crippen molar-refractivity contribution >= 4 is 24.7 Å². The summed E-state index contributed by atoms with van der Waals surface area (Å²) >= 11 is 0. The Morgan fingerprint density at radius 1 is 0.897 bits per heavy atom. The van der Waals surface area contributed by atoms with Gasteiger partial charge in [-0.2, -0.15) is 5.09 Å². The number of fused-ring (bicyclic) bond motifs is 1. The molecule has 1 aromatic heterocycles. The second-order valence-electron chi connectivity index (χ2n) is 8.86. The van der Waals surface area contributed by atoms with Gasteiger partial charge in [0, 0.05) is 23.8 Å². The fourth-order valence-electron chi connectivity index (χ4n) is 3.72. The normalized spacial score (nSPS) is 13.5. The summed E-state index contributed by atoms with van der Waals surface area (Å²) in [6.45, 7) is 3.42. The summed E-state index contributed by atoms with van der Waals surface area (Å²) in [4.78, 5) is 25.2. The Labute approximate surface area is 222 Å². The predicted octanol–water partition coefficient (Wildman–Crippen LogP) is 4.93. The van der Waals surface area contributed by atoms with Gasteiger partial charge in [0.15, 0.2) is 16.9 Å². The number of rotatable bonds is 9. The van der Waals surface area contributed by atoms with Crippen LogP contribution in [0.15, 0.2) is 75.9 Å². The van der Waals surface area contributed by atoms with Crippen LogP contribution in [-0.4, -0.2) is 34.4 Å². The Bertz CT molecular complexity index is 1620. The molecule has 0 amide bonds. The number of esters is 1. The van der Waals surface area contributed by atoms with Gasteiger partial charge in [0.2, 0.25) is 0 Å². The van der Waals surface area contributed by atoms with Gasteiger partial charge in [-0.15, -0.1) is 0 Å². The molecule has 4 aromatic rings. The van der Waals surface area contributed by atoms with E-state index in [0.717, 1.165) is 12.1 Å². The third-order valence-corrected chi connectivity index (χ3v) is 7.15. The highest BCUT2D eigenvalue weighted by Gasteiger charge is 2.37. The average Bonchev–Trinajstić information content (AvgIpc) is 2.88. The lowest BCUT2D eigenvalue weighted by Crippen LogP contribution is -2.41. The van der Waals surface area contributed by atoms with E-state index < -0.39 is 36.7 Å². The van der Waals surface area contributed by atoms with Crippen molar-refractivity contribution in [2.75, 3.05) is 7.11 Å². The van der Waals surface area contributed by atoms with Crippen LogP contribution >= 0.6 is 7.75 Å². The zero-order valence-corrected chi connectivity index (χ0v) is 22.0. The maximum Gasteiger partial charge on any atom is 0.513 e. The molecule has 1 unspecified atom stereocenters. The smallest absolute Gasteiger partial charge is 0.507 e. The molecule has 0 bridgehead atoms. The van der Waals surface area contributed by atoms with E-state index in [0.29, 0.717) is 0 Å².